The van der Waals surface area contributed by atoms with Crippen LogP contribution in [0.4, 0.5) is 17.3 Å². The maximum atomic E-state index is 11.7. The fourth-order valence-corrected chi connectivity index (χ4v) is 2.96. The first-order valence-electron chi connectivity index (χ1n) is 9.76. The molecule has 2 heterocycles. The summed E-state index contributed by atoms with van der Waals surface area (Å²) in [4.78, 5) is 24.6. The summed E-state index contributed by atoms with van der Waals surface area (Å²) < 4.78 is 12.1. The molecule has 162 valence electrons. The number of rotatable bonds is 9. The summed E-state index contributed by atoms with van der Waals surface area (Å²) in [5, 5.41) is 11.1. The predicted octanol–water partition coefficient (Wildman–Crippen LogP) is 3.10. The van der Waals surface area contributed by atoms with Crippen molar-refractivity contribution in [2.45, 2.75) is 0 Å². The Balaban J connectivity index is 1.54. The van der Waals surface area contributed by atoms with Gasteiger partial charge in [0.1, 0.15) is 18.7 Å². The minimum atomic E-state index is -0.299. The first-order valence-corrected chi connectivity index (χ1v) is 9.76. The maximum absolute atomic E-state index is 11.7. The molecule has 0 atom stereocenters. The number of carbonyl (C=O) groups excluding carboxylic acids is 1. The zero-order valence-electron chi connectivity index (χ0n) is 17.4. The summed E-state index contributed by atoms with van der Waals surface area (Å²) in [6.07, 6.45) is 4.27. The van der Waals surface area contributed by atoms with Crippen molar-refractivity contribution in [1.29, 1.82) is 0 Å². The molecule has 0 aliphatic carbocycles. The van der Waals surface area contributed by atoms with Crippen molar-refractivity contribution >= 4 is 34.1 Å². The molecule has 2 N–H and O–H groups in total. The maximum Gasteiger partial charge on any atom is 0.255 e. The summed E-state index contributed by atoms with van der Waals surface area (Å²) in [5.74, 6) is 1.14. The number of hydrogen-bond donors (Lipinski definition) is 2. The highest BCUT2D eigenvalue weighted by Gasteiger charge is 2.12. The van der Waals surface area contributed by atoms with Crippen molar-refractivity contribution in [1.82, 2.24) is 24.7 Å². The molecule has 4 rings (SSSR count). The third kappa shape index (κ3) is 4.71. The van der Waals surface area contributed by atoms with Gasteiger partial charge in [-0.1, -0.05) is 12.6 Å². The topological polar surface area (TPSA) is 116 Å². The molecule has 2 aromatic heterocycles. The summed E-state index contributed by atoms with van der Waals surface area (Å²) >= 11 is 0. The molecule has 0 bridgehead atoms. The van der Waals surface area contributed by atoms with Gasteiger partial charge in [0, 0.05) is 18.2 Å². The summed E-state index contributed by atoms with van der Waals surface area (Å²) in [7, 11) is 1.63. The van der Waals surface area contributed by atoms with Crippen molar-refractivity contribution in [2.75, 3.05) is 31.0 Å². The van der Waals surface area contributed by atoms with Crippen LogP contribution in [-0.4, -0.2) is 51.0 Å². The molecular weight excluding hydrogens is 410 g/mol. The third-order valence-corrected chi connectivity index (χ3v) is 4.47. The molecule has 0 aliphatic rings. The minimum absolute atomic E-state index is 0.299. The van der Waals surface area contributed by atoms with Crippen LogP contribution in [0.1, 0.15) is 0 Å². The number of fused-ring (bicyclic) bond motifs is 1. The Kier molecular flexibility index (Phi) is 6.33. The van der Waals surface area contributed by atoms with E-state index in [0.29, 0.717) is 30.8 Å². The molecule has 2 aromatic carbocycles. The highest BCUT2D eigenvalue weighted by molar-refractivity contribution is 6.05. The smallest absolute Gasteiger partial charge is 0.255 e. The number of anilines is 3. The van der Waals surface area contributed by atoms with Gasteiger partial charge in [0.15, 0.2) is 0 Å². The van der Waals surface area contributed by atoms with Crippen LogP contribution in [-0.2, 0) is 9.53 Å². The standard InChI is InChI=1S/C22H21N7O3/c1-3-20(30)27-18-5-4-6-19-17(18)13-25-29(19)22-24-14-23-21(28-22)26-15-7-9-16(10-8-15)32-12-11-31-2/h3-10,13-14H,1,11-12H2,2H3,(H,27,30)(H,23,24,26,28). The number of aromatic nitrogens is 5. The first kappa shape index (κ1) is 20.9. The van der Waals surface area contributed by atoms with Gasteiger partial charge in [-0.05, 0) is 42.5 Å². The molecule has 0 radical (unpaired) electrons. The lowest BCUT2D eigenvalue weighted by Gasteiger charge is -2.09. The van der Waals surface area contributed by atoms with E-state index < -0.39 is 0 Å². The van der Waals surface area contributed by atoms with E-state index in [-0.39, 0.29) is 5.91 Å². The molecule has 10 heteroatoms. The van der Waals surface area contributed by atoms with Crippen LogP contribution < -0.4 is 15.4 Å². The fraction of sp³-hybridized carbons (Fsp3) is 0.136. The number of nitrogens with zero attached hydrogens (tertiary/aromatic N) is 5. The molecule has 0 aliphatic heterocycles. The number of amides is 1. The normalized spacial score (nSPS) is 10.7. The number of benzene rings is 2. The van der Waals surface area contributed by atoms with E-state index in [1.54, 1.807) is 24.1 Å². The van der Waals surface area contributed by atoms with Crippen molar-refractivity contribution in [3.8, 4) is 11.7 Å². The summed E-state index contributed by atoms with van der Waals surface area (Å²) in [5.41, 5.74) is 2.15. The van der Waals surface area contributed by atoms with Gasteiger partial charge < -0.3 is 20.1 Å². The van der Waals surface area contributed by atoms with Gasteiger partial charge in [0.2, 0.25) is 11.9 Å². The Morgan fingerprint density at radius 3 is 2.78 bits per heavy atom. The fourth-order valence-electron chi connectivity index (χ4n) is 2.96. The van der Waals surface area contributed by atoms with Crippen molar-refractivity contribution in [3.05, 3.63) is 67.6 Å². The van der Waals surface area contributed by atoms with Gasteiger partial charge in [-0.15, -0.1) is 0 Å². The molecule has 10 nitrogen and oxygen atoms in total. The molecule has 0 spiro atoms. The largest absolute Gasteiger partial charge is 0.491 e. The van der Waals surface area contributed by atoms with Gasteiger partial charge in [0.05, 0.1) is 24.0 Å². The average molecular weight is 431 g/mol. The molecule has 4 aromatic rings. The number of carbonyl (C=O) groups is 1. The van der Waals surface area contributed by atoms with Crippen LogP contribution in [0.15, 0.2) is 67.6 Å². The zero-order valence-corrected chi connectivity index (χ0v) is 17.4. The van der Waals surface area contributed by atoms with E-state index in [4.69, 9.17) is 9.47 Å². The first-order chi connectivity index (χ1) is 15.7. The summed E-state index contributed by atoms with van der Waals surface area (Å²) in [6, 6.07) is 12.9. The number of ether oxygens (including phenoxy) is 2. The van der Waals surface area contributed by atoms with Crippen LogP contribution in [0.5, 0.6) is 5.75 Å². The van der Waals surface area contributed by atoms with Gasteiger partial charge in [0.25, 0.3) is 5.95 Å². The van der Waals surface area contributed by atoms with Crippen molar-refractivity contribution in [3.63, 3.8) is 0 Å². The predicted molar refractivity (Wildman–Crippen MR) is 120 cm³/mol. The second-order valence-electron chi connectivity index (χ2n) is 6.59. The Hall–Kier alpha value is -4.31. The molecular formula is C22H21N7O3. The van der Waals surface area contributed by atoms with Crippen LogP contribution in [0, 0.1) is 0 Å². The average Bonchev–Trinajstić information content (AvgIpc) is 3.26. The molecule has 0 saturated carbocycles. The number of methoxy groups -OCH3 is 1. The quantitative estimate of drug-likeness (QED) is 0.307. The lowest BCUT2D eigenvalue weighted by Crippen LogP contribution is -2.08. The Bertz CT molecular complexity index is 1240. The summed E-state index contributed by atoms with van der Waals surface area (Å²) in [6.45, 7) is 4.49. The van der Waals surface area contributed by atoms with Crippen molar-refractivity contribution in [2.24, 2.45) is 0 Å². The van der Waals surface area contributed by atoms with E-state index in [1.165, 1.54) is 12.4 Å². The second kappa shape index (κ2) is 9.67. The van der Waals surface area contributed by atoms with Gasteiger partial charge >= 0.3 is 0 Å². The number of nitrogens with one attached hydrogen (secondary N) is 2. The second-order valence-corrected chi connectivity index (χ2v) is 6.59. The molecule has 1 amide bonds. The highest BCUT2D eigenvalue weighted by Crippen LogP contribution is 2.25. The monoisotopic (exact) mass is 431 g/mol. The minimum Gasteiger partial charge on any atom is -0.491 e. The van der Waals surface area contributed by atoms with Crippen LogP contribution in [0.2, 0.25) is 0 Å². The van der Waals surface area contributed by atoms with Gasteiger partial charge in [-0.3, -0.25) is 4.79 Å². The Morgan fingerprint density at radius 2 is 2.00 bits per heavy atom. The van der Waals surface area contributed by atoms with Crippen LogP contribution in [0.3, 0.4) is 0 Å². The number of hydrogen-bond acceptors (Lipinski definition) is 8. The van der Waals surface area contributed by atoms with Crippen molar-refractivity contribution < 1.29 is 14.3 Å². The SMILES string of the molecule is C=CC(=O)Nc1cccc2c1cnn2-c1ncnc(Nc2ccc(OCCOC)cc2)n1. The van der Waals surface area contributed by atoms with Gasteiger partial charge in [-0.2, -0.15) is 19.7 Å². The van der Waals surface area contributed by atoms with E-state index in [0.717, 1.165) is 22.3 Å². The van der Waals surface area contributed by atoms with E-state index in [9.17, 15) is 4.79 Å². The molecule has 32 heavy (non-hydrogen) atoms. The Morgan fingerprint density at radius 1 is 1.16 bits per heavy atom. The molecule has 0 unspecified atom stereocenters. The van der Waals surface area contributed by atoms with Crippen LogP contribution >= 0.6 is 0 Å². The lowest BCUT2D eigenvalue weighted by atomic mass is 10.2. The zero-order chi connectivity index (χ0) is 22.3. The highest BCUT2D eigenvalue weighted by atomic mass is 16.5. The van der Waals surface area contributed by atoms with Gasteiger partial charge in [-0.25, -0.2) is 4.98 Å². The van der Waals surface area contributed by atoms with E-state index in [2.05, 4.69) is 37.3 Å². The third-order valence-electron chi connectivity index (χ3n) is 4.47. The molecule has 0 fully saturated rings. The van der Waals surface area contributed by atoms with E-state index in [1.807, 2.05) is 36.4 Å². The Labute approximate surface area is 183 Å². The van der Waals surface area contributed by atoms with Crippen LogP contribution in [0.25, 0.3) is 16.9 Å². The molecule has 0 saturated heterocycles. The lowest BCUT2D eigenvalue weighted by molar-refractivity contribution is -0.111. The van der Waals surface area contributed by atoms with E-state index >= 15 is 0 Å².